The topological polar surface area (TPSA) is 105 Å². The van der Waals surface area contributed by atoms with Gasteiger partial charge >= 0.3 is 0 Å². The van der Waals surface area contributed by atoms with Crippen LogP contribution in [0.25, 0.3) is 0 Å². The van der Waals surface area contributed by atoms with Gasteiger partial charge in [0, 0.05) is 13.0 Å². The van der Waals surface area contributed by atoms with E-state index >= 15 is 0 Å². The second kappa shape index (κ2) is 9.18. The van der Waals surface area contributed by atoms with Crippen LogP contribution in [0, 0.1) is 0 Å². The van der Waals surface area contributed by atoms with Gasteiger partial charge in [0.1, 0.15) is 5.84 Å². The van der Waals surface area contributed by atoms with E-state index < -0.39 is 20.0 Å². The van der Waals surface area contributed by atoms with Gasteiger partial charge in [0.2, 0.25) is 0 Å². The standard InChI is InChI=1S/C21H27N3O4S2/c1-16(2)17-10-12-19(13-11-17)29(25,26)23-18-7-6-8-20(15-18)30(27,28)24-21-9-4-3-5-14-22-21/h6-8,10-13,15-16,23H,3-5,9,14H2,1-2H3,(H,22,24). The molecule has 0 saturated carbocycles. The summed E-state index contributed by atoms with van der Waals surface area (Å²) in [7, 11) is -7.69. The average molecular weight is 450 g/mol. The molecule has 0 saturated heterocycles. The van der Waals surface area contributed by atoms with E-state index in [-0.39, 0.29) is 15.5 Å². The lowest BCUT2D eigenvalue weighted by molar-refractivity contribution is 0.591. The lowest BCUT2D eigenvalue weighted by atomic mass is 10.0. The van der Waals surface area contributed by atoms with Crippen LogP contribution in [0.1, 0.15) is 51.0 Å². The summed E-state index contributed by atoms with van der Waals surface area (Å²) in [6.45, 7) is 4.66. The summed E-state index contributed by atoms with van der Waals surface area (Å²) >= 11 is 0. The first-order chi connectivity index (χ1) is 14.2. The van der Waals surface area contributed by atoms with E-state index in [0.29, 0.717) is 24.7 Å². The number of nitrogens with one attached hydrogen (secondary N) is 2. The van der Waals surface area contributed by atoms with Crippen molar-refractivity contribution in [2.75, 3.05) is 11.3 Å². The van der Waals surface area contributed by atoms with Crippen LogP contribution in [0.5, 0.6) is 0 Å². The predicted octanol–water partition coefficient (Wildman–Crippen LogP) is 3.86. The van der Waals surface area contributed by atoms with Gasteiger partial charge in [-0.2, -0.15) is 0 Å². The summed E-state index contributed by atoms with van der Waals surface area (Å²) in [5, 5.41) is 0. The Hall–Kier alpha value is -2.39. The molecule has 0 spiro atoms. The molecule has 30 heavy (non-hydrogen) atoms. The van der Waals surface area contributed by atoms with Crippen LogP contribution < -0.4 is 9.44 Å². The minimum Gasteiger partial charge on any atom is -0.280 e. The molecular weight excluding hydrogens is 422 g/mol. The van der Waals surface area contributed by atoms with Crippen LogP contribution in [0.3, 0.4) is 0 Å². The van der Waals surface area contributed by atoms with E-state index in [1.54, 1.807) is 24.3 Å². The largest absolute Gasteiger partial charge is 0.280 e. The third-order valence-electron chi connectivity index (χ3n) is 4.88. The molecule has 1 aliphatic rings. The van der Waals surface area contributed by atoms with E-state index in [9.17, 15) is 16.8 Å². The van der Waals surface area contributed by atoms with Gasteiger partial charge in [0.15, 0.2) is 0 Å². The Morgan fingerprint density at radius 2 is 1.53 bits per heavy atom. The third-order valence-corrected chi connectivity index (χ3v) is 7.66. The molecule has 0 fully saturated rings. The molecule has 2 N–H and O–H groups in total. The van der Waals surface area contributed by atoms with E-state index in [1.807, 2.05) is 13.8 Å². The number of hydrogen-bond donors (Lipinski definition) is 2. The Kier molecular flexibility index (Phi) is 6.82. The second-order valence-electron chi connectivity index (χ2n) is 7.60. The Morgan fingerprint density at radius 3 is 2.23 bits per heavy atom. The van der Waals surface area contributed by atoms with Gasteiger partial charge in [-0.3, -0.25) is 14.4 Å². The van der Waals surface area contributed by atoms with Crippen LogP contribution in [0.2, 0.25) is 0 Å². The lowest BCUT2D eigenvalue weighted by Gasteiger charge is -2.13. The van der Waals surface area contributed by atoms with Gasteiger partial charge in [-0.15, -0.1) is 0 Å². The molecule has 0 unspecified atom stereocenters. The Bertz CT molecular complexity index is 1120. The summed E-state index contributed by atoms with van der Waals surface area (Å²) in [5.74, 6) is 0.742. The molecule has 0 bridgehead atoms. The fourth-order valence-electron chi connectivity index (χ4n) is 3.14. The first kappa shape index (κ1) is 22.3. The van der Waals surface area contributed by atoms with E-state index in [1.165, 1.54) is 24.3 Å². The maximum atomic E-state index is 12.7. The highest BCUT2D eigenvalue weighted by atomic mass is 32.2. The third kappa shape index (κ3) is 5.60. The quantitative estimate of drug-likeness (QED) is 0.698. The molecule has 2 aromatic rings. The van der Waals surface area contributed by atoms with Crippen LogP contribution in [-0.4, -0.2) is 29.2 Å². The van der Waals surface area contributed by atoms with Crippen molar-refractivity contribution in [3.8, 4) is 0 Å². The molecule has 9 heteroatoms. The number of hydrogen-bond acceptors (Lipinski definition) is 5. The first-order valence-electron chi connectivity index (χ1n) is 9.96. The fraction of sp³-hybridized carbons (Fsp3) is 0.381. The molecule has 0 atom stereocenters. The highest BCUT2D eigenvalue weighted by molar-refractivity contribution is 7.92. The van der Waals surface area contributed by atoms with Crippen LogP contribution >= 0.6 is 0 Å². The van der Waals surface area contributed by atoms with Gasteiger partial charge < -0.3 is 0 Å². The summed E-state index contributed by atoms with van der Waals surface area (Å²) in [6.07, 6.45) is 3.43. The lowest BCUT2D eigenvalue weighted by Crippen LogP contribution is -2.30. The molecule has 0 aliphatic carbocycles. The number of nitrogens with zero attached hydrogens (tertiary/aromatic N) is 1. The molecule has 1 heterocycles. The summed E-state index contributed by atoms with van der Waals surface area (Å²) in [6, 6.07) is 12.4. The molecular formula is C21H27N3O4S2. The zero-order valence-corrected chi connectivity index (χ0v) is 18.8. The molecule has 2 aromatic carbocycles. The molecule has 0 aromatic heterocycles. The highest BCUT2D eigenvalue weighted by Crippen LogP contribution is 2.22. The maximum absolute atomic E-state index is 12.7. The molecule has 3 rings (SSSR count). The number of aliphatic imine (C=N–C) groups is 1. The first-order valence-corrected chi connectivity index (χ1v) is 12.9. The second-order valence-corrected chi connectivity index (χ2v) is 11.0. The zero-order valence-electron chi connectivity index (χ0n) is 17.1. The molecule has 162 valence electrons. The van der Waals surface area contributed by atoms with Crippen molar-refractivity contribution in [2.24, 2.45) is 4.99 Å². The Labute approximate surface area is 178 Å². The number of sulfonamides is 2. The van der Waals surface area contributed by atoms with Crippen LogP contribution in [0.15, 0.2) is 63.3 Å². The van der Waals surface area contributed by atoms with E-state index in [4.69, 9.17) is 0 Å². The highest BCUT2D eigenvalue weighted by Gasteiger charge is 2.20. The summed E-state index contributed by atoms with van der Waals surface area (Å²) in [5.41, 5.74) is 1.21. The monoisotopic (exact) mass is 449 g/mol. The minimum absolute atomic E-state index is 0.0233. The van der Waals surface area contributed by atoms with Crippen LogP contribution in [-0.2, 0) is 20.0 Å². The zero-order chi connectivity index (χ0) is 21.8. The van der Waals surface area contributed by atoms with Gasteiger partial charge in [0.25, 0.3) is 20.0 Å². The van der Waals surface area contributed by atoms with E-state index in [0.717, 1.165) is 24.8 Å². The van der Waals surface area contributed by atoms with Gasteiger partial charge in [-0.25, -0.2) is 16.8 Å². The number of amidine groups is 1. The van der Waals surface area contributed by atoms with Crippen molar-refractivity contribution in [1.29, 1.82) is 0 Å². The Balaban J connectivity index is 1.79. The molecule has 1 aliphatic heterocycles. The fourth-order valence-corrected chi connectivity index (χ4v) is 5.33. The summed E-state index contributed by atoms with van der Waals surface area (Å²) in [4.78, 5) is 4.38. The van der Waals surface area contributed by atoms with Gasteiger partial charge in [0.05, 0.1) is 15.5 Å². The van der Waals surface area contributed by atoms with Crippen molar-refractivity contribution in [2.45, 2.75) is 55.2 Å². The van der Waals surface area contributed by atoms with Crippen LogP contribution in [0.4, 0.5) is 5.69 Å². The molecule has 7 nitrogen and oxygen atoms in total. The molecule has 0 amide bonds. The summed E-state index contributed by atoms with van der Waals surface area (Å²) < 4.78 is 55.9. The van der Waals surface area contributed by atoms with Crippen molar-refractivity contribution < 1.29 is 16.8 Å². The van der Waals surface area contributed by atoms with Crippen molar-refractivity contribution in [1.82, 2.24) is 4.72 Å². The number of rotatable bonds is 6. The maximum Gasteiger partial charge on any atom is 0.262 e. The van der Waals surface area contributed by atoms with E-state index in [2.05, 4.69) is 14.4 Å². The Morgan fingerprint density at radius 1 is 0.833 bits per heavy atom. The van der Waals surface area contributed by atoms with Gasteiger partial charge in [-0.1, -0.05) is 38.5 Å². The average Bonchev–Trinajstić information content (AvgIpc) is 2.96. The smallest absolute Gasteiger partial charge is 0.262 e. The van der Waals surface area contributed by atoms with Gasteiger partial charge in [-0.05, 0) is 54.7 Å². The van der Waals surface area contributed by atoms with Crippen molar-refractivity contribution in [3.05, 3.63) is 54.1 Å². The SMILES string of the molecule is CC(C)c1ccc(S(=O)(=O)Nc2cccc(S(=O)(=O)NC3=NCCCCC3)c2)cc1. The molecule has 0 radical (unpaired) electrons. The van der Waals surface area contributed by atoms with Crippen molar-refractivity contribution >= 4 is 31.6 Å². The minimum atomic E-state index is -3.85. The number of benzene rings is 2. The normalized spacial score (nSPS) is 15.4. The van der Waals surface area contributed by atoms with Crippen molar-refractivity contribution in [3.63, 3.8) is 0 Å². The number of anilines is 1. The predicted molar refractivity (Wildman–Crippen MR) is 119 cm³/mol.